The second-order valence-electron chi connectivity index (χ2n) is 9.00. The molecule has 37 heavy (non-hydrogen) atoms. The molecule has 0 saturated carbocycles. The van der Waals surface area contributed by atoms with Gasteiger partial charge in [-0.1, -0.05) is 79.5 Å². The van der Waals surface area contributed by atoms with Crippen LogP contribution in [0.1, 0.15) is 59.9 Å². The number of rotatable bonds is 10. The normalized spacial score (nSPS) is 14.6. The van der Waals surface area contributed by atoms with Gasteiger partial charge in [0.25, 0.3) is 5.91 Å². The van der Waals surface area contributed by atoms with Crippen molar-refractivity contribution in [2.24, 2.45) is 0 Å². The lowest BCUT2D eigenvalue weighted by atomic mass is 9.95. The number of benzene rings is 3. The number of amides is 1. The van der Waals surface area contributed by atoms with Crippen molar-refractivity contribution in [3.05, 3.63) is 100 Å². The first-order chi connectivity index (χ1) is 18.1. The summed E-state index contributed by atoms with van der Waals surface area (Å²) in [5, 5.41) is 8.21. The first-order valence-corrected chi connectivity index (χ1v) is 13.1. The number of halogens is 1. The minimum absolute atomic E-state index is 0.115. The van der Waals surface area contributed by atoms with Gasteiger partial charge in [-0.25, -0.2) is 0 Å². The molecule has 1 aliphatic rings. The third kappa shape index (κ3) is 4.94. The van der Waals surface area contributed by atoms with Gasteiger partial charge in [0.2, 0.25) is 0 Å². The number of fused-ring (bicyclic) bond motifs is 1. The highest BCUT2D eigenvalue weighted by Gasteiger charge is 2.42. The van der Waals surface area contributed by atoms with Crippen LogP contribution in [-0.4, -0.2) is 34.2 Å². The molecule has 0 bridgehead atoms. The molecule has 1 N–H and O–H groups in total. The van der Waals surface area contributed by atoms with Gasteiger partial charge in [-0.2, -0.15) is 5.10 Å². The Kier molecular flexibility index (Phi) is 7.47. The van der Waals surface area contributed by atoms with E-state index in [1.807, 2.05) is 84.6 Å². The van der Waals surface area contributed by atoms with Crippen molar-refractivity contribution in [1.29, 1.82) is 0 Å². The largest absolute Gasteiger partial charge is 0.490 e. The lowest BCUT2D eigenvalue weighted by molar-refractivity contribution is 0.0730. The van der Waals surface area contributed by atoms with Gasteiger partial charge in [0.15, 0.2) is 11.5 Å². The Morgan fingerprint density at radius 2 is 1.76 bits per heavy atom. The molecule has 7 heteroatoms. The summed E-state index contributed by atoms with van der Waals surface area (Å²) in [5.41, 5.74) is 4.86. The predicted octanol–water partition coefficient (Wildman–Crippen LogP) is 7.05. The highest BCUT2D eigenvalue weighted by atomic mass is 35.5. The lowest BCUT2D eigenvalue weighted by Gasteiger charge is -2.27. The van der Waals surface area contributed by atoms with Gasteiger partial charge in [-0.15, -0.1) is 0 Å². The summed E-state index contributed by atoms with van der Waals surface area (Å²) in [6, 6.07) is 23.1. The third-order valence-corrected chi connectivity index (χ3v) is 6.92. The first kappa shape index (κ1) is 24.9. The Morgan fingerprint density at radius 3 is 2.51 bits per heavy atom. The molecule has 4 aromatic rings. The molecule has 1 amide bonds. The predicted molar refractivity (Wildman–Crippen MR) is 145 cm³/mol. The minimum Gasteiger partial charge on any atom is -0.490 e. The van der Waals surface area contributed by atoms with Gasteiger partial charge >= 0.3 is 0 Å². The Hall–Kier alpha value is -3.77. The number of hydrogen-bond acceptors (Lipinski definition) is 4. The van der Waals surface area contributed by atoms with Crippen molar-refractivity contribution in [2.75, 3.05) is 13.2 Å². The van der Waals surface area contributed by atoms with Gasteiger partial charge in [0, 0.05) is 22.7 Å². The van der Waals surface area contributed by atoms with Crippen molar-refractivity contribution in [2.45, 2.75) is 39.3 Å². The maximum atomic E-state index is 13.7. The molecule has 1 aromatic heterocycles. The van der Waals surface area contributed by atoms with E-state index in [1.165, 1.54) is 0 Å². The Labute approximate surface area is 222 Å². The molecule has 0 aliphatic carbocycles. The van der Waals surface area contributed by atoms with Crippen LogP contribution in [0, 0.1) is 0 Å². The molecule has 0 fully saturated rings. The lowest BCUT2D eigenvalue weighted by Crippen LogP contribution is -2.29. The van der Waals surface area contributed by atoms with Gasteiger partial charge in [0.05, 0.1) is 24.9 Å². The average molecular weight is 516 g/mol. The smallest absolute Gasteiger partial charge is 0.273 e. The molecule has 0 spiro atoms. The number of H-pyrrole nitrogens is 1. The van der Waals surface area contributed by atoms with Crippen LogP contribution in [0.4, 0.5) is 0 Å². The molecule has 5 rings (SSSR count). The number of aromatic amines is 1. The molecule has 190 valence electrons. The zero-order chi connectivity index (χ0) is 25.8. The van der Waals surface area contributed by atoms with Crippen LogP contribution < -0.4 is 9.47 Å². The van der Waals surface area contributed by atoms with Crippen molar-refractivity contribution < 1.29 is 14.3 Å². The second-order valence-corrected chi connectivity index (χ2v) is 9.40. The topological polar surface area (TPSA) is 67.5 Å². The van der Waals surface area contributed by atoms with Crippen molar-refractivity contribution in [3.63, 3.8) is 0 Å². The van der Waals surface area contributed by atoms with Crippen LogP contribution in [0.5, 0.6) is 11.5 Å². The second kappa shape index (κ2) is 11.1. The first-order valence-electron chi connectivity index (χ1n) is 12.7. The van der Waals surface area contributed by atoms with Crippen LogP contribution in [0.25, 0.3) is 11.3 Å². The molecular formula is C30H30ClN3O3. The molecule has 0 saturated heterocycles. The fourth-order valence-corrected chi connectivity index (χ4v) is 4.94. The fraction of sp³-hybridized carbons (Fsp3) is 0.267. The maximum absolute atomic E-state index is 13.7. The zero-order valence-corrected chi connectivity index (χ0v) is 21.8. The van der Waals surface area contributed by atoms with Crippen LogP contribution in [0.3, 0.4) is 0 Å². The molecule has 0 radical (unpaired) electrons. The molecule has 1 atom stereocenters. The summed E-state index contributed by atoms with van der Waals surface area (Å²) < 4.78 is 12.0. The van der Waals surface area contributed by atoms with Crippen LogP contribution in [0.15, 0.2) is 72.8 Å². The summed E-state index contributed by atoms with van der Waals surface area (Å²) in [5.74, 6) is 1.26. The van der Waals surface area contributed by atoms with E-state index in [4.69, 9.17) is 21.1 Å². The van der Waals surface area contributed by atoms with Gasteiger partial charge in [-0.05, 0) is 42.7 Å². The van der Waals surface area contributed by atoms with E-state index >= 15 is 0 Å². The maximum Gasteiger partial charge on any atom is 0.273 e. The highest BCUT2D eigenvalue weighted by Crippen LogP contribution is 2.45. The number of unbranched alkanes of at least 4 members (excludes halogenated alkanes) is 1. The van der Waals surface area contributed by atoms with Gasteiger partial charge in [-0.3, -0.25) is 9.89 Å². The van der Waals surface area contributed by atoms with E-state index in [0.29, 0.717) is 42.0 Å². The quantitative estimate of drug-likeness (QED) is 0.230. The van der Waals surface area contributed by atoms with E-state index in [0.717, 1.165) is 40.8 Å². The molecular weight excluding hydrogens is 486 g/mol. The number of aromatic nitrogens is 2. The summed E-state index contributed by atoms with van der Waals surface area (Å²) in [7, 11) is 0. The van der Waals surface area contributed by atoms with Crippen LogP contribution >= 0.6 is 11.6 Å². The summed E-state index contributed by atoms with van der Waals surface area (Å²) in [4.78, 5) is 15.6. The third-order valence-electron chi connectivity index (χ3n) is 6.55. The number of carbonyl (C=O) groups is 1. The monoisotopic (exact) mass is 515 g/mol. The zero-order valence-electron chi connectivity index (χ0n) is 21.0. The van der Waals surface area contributed by atoms with Crippen LogP contribution in [0.2, 0.25) is 5.02 Å². The summed E-state index contributed by atoms with van der Waals surface area (Å²) in [6.45, 7) is 5.58. The average Bonchev–Trinajstić information content (AvgIpc) is 3.46. The van der Waals surface area contributed by atoms with Gasteiger partial charge < -0.3 is 14.4 Å². The van der Waals surface area contributed by atoms with Gasteiger partial charge in [0.1, 0.15) is 5.69 Å². The van der Waals surface area contributed by atoms with E-state index < -0.39 is 0 Å². The Balaban J connectivity index is 1.61. The van der Waals surface area contributed by atoms with E-state index in [-0.39, 0.29) is 11.9 Å². The van der Waals surface area contributed by atoms with E-state index in [1.54, 1.807) is 0 Å². The van der Waals surface area contributed by atoms with Crippen molar-refractivity contribution in [3.8, 4) is 22.8 Å². The standard InChI is InChI=1S/C30H30ClN3O3/c1-3-5-17-37-24-16-15-21(18-25(24)36-4-2)29-26-27(20-11-7-6-8-12-20)32-33-28(26)30(35)34(29)19-22-13-9-10-14-23(22)31/h6-16,18,29H,3-5,17,19H2,1-2H3,(H,32,33). The molecule has 6 nitrogen and oxygen atoms in total. The molecule has 1 unspecified atom stereocenters. The fourth-order valence-electron chi connectivity index (χ4n) is 4.74. The van der Waals surface area contributed by atoms with Crippen molar-refractivity contribution >= 4 is 17.5 Å². The van der Waals surface area contributed by atoms with E-state index in [9.17, 15) is 4.79 Å². The molecule has 3 aromatic carbocycles. The number of nitrogens with zero attached hydrogens (tertiary/aromatic N) is 2. The SMILES string of the molecule is CCCCOc1ccc(C2c3c(-c4ccccc4)n[nH]c3C(=O)N2Cc2ccccc2Cl)cc1OCC. The highest BCUT2D eigenvalue weighted by molar-refractivity contribution is 6.31. The van der Waals surface area contributed by atoms with Crippen molar-refractivity contribution in [1.82, 2.24) is 15.1 Å². The van der Waals surface area contributed by atoms with Crippen LogP contribution in [-0.2, 0) is 6.54 Å². The van der Waals surface area contributed by atoms with E-state index in [2.05, 4.69) is 17.1 Å². The number of carbonyl (C=O) groups excluding carboxylic acids is 1. The number of nitrogens with one attached hydrogen (secondary N) is 1. The molecule has 1 aliphatic heterocycles. The number of ether oxygens (including phenoxy) is 2. The molecule has 2 heterocycles. The number of hydrogen-bond donors (Lipinski definition) is 1. The summed E-state index contributed by atoms with van der Waals surface area (Å²) >= 11 is 6.51. The Morgan fingerprint density at radius 1 is 0.973 bits per heavy atom. The Bertz CT molecular complexity index is 1390. The summed E-state index contributed by atoms with van der Waals surface area (Å²) in [6.07, 6.45) is 2.02. The minimum atomic E-state index is -0.378.